The van der Waals surface area contributed by atoms with Crippen molar-refractivity contribution in [2.24, 2.45) is 0 Å². The first-order valence-electron chi connectivity index (χ1n) is 8.24. The molecule has 0 aliphatic heterocycles. The molecule has 0 N–H and O–H groups in total. The zero-order chi connectivity index (χ0) is 16.9. The quantitative estimate of drug-likeness (QED) is 0.674. The molecule has 0 fully saturated rings. The standard InChI is InChI=1S/C19H26O2P2/c1-4-22(20,5-2)17(3)16-23(21,18-12-8-6-9-13-18)19-14-10-7-11-15-19/h6-15,17H,4-5,16H2,1-3H3. The molecular formula is C19H26O2P2. The number of hydrogen-bond donors (Lipinski definition) is 0. The maximum absolute atomic E-state index is 14.0. The second kappa shape index (κ2) is 7.65. The van der Waals surface area contributed by atoms with E-state index in [1.807, 2.05) is 81.4 Å². The molecule has 0 saturated heterocycles. The van der Waals surface area contributed by atoms with Crippen molar-refractivity contribution in [3.05, 3.63) is 60.7 Å². The molecule has 2 aromatic rings. The average Bonchev–Trinajstić information content (AvgIpc) is 2.62. The molecule has 124 valence electrons. The third-order valence-corrected chi connectivity index (χ3v) is 12.3. The lowest BCUT2D eigenvalue weighted by Crippen LogP contribution is -2.24. The SMILES string of the molecule is CCP(=O)(CC)C(C)CP(=O)(c1ccccc1)c1ccccc1. The normalized spacial score (nSPS) is 13.7. The Balaban J connectivity index is 2.48. The fourth-order valence-corrected chi connectivity index (χ4v) is 9.41. The van der Waals surface area contributed by atoms with Crippen LogP contribution in [0.2, 0.25) is 0 Å². The van der Waals surface area contributed by atoms with Crippen LogP contribution in [0.1, 0.15) is 20.8 Å². The van der Waals surface area contributed by atoms with E-state index in [2.05, 4.69) is 0 Å². The Morgan fingerprint density at radius 1 is 0.783 bits per heavy atom. The van der Waals surface area contributed by atoms with E-state index >= 15 is 0 Å². The largest absolute Gasteiger partial charge is 0.323 e. The van der Waals surface area contributed by atoms with Gasteiger partial charge in [0.1, 0.15) is 7.14 Å². The Kier molecular flexibility index (Phi) is 6.06. The summed E-state index contributed by atoms with van der Waals surface area (Å²) in [6, 6.07) is 19.3. The van der Waals surface area contributed by atoms with E-state index in [9.17, 15) is 9.13 Å². The van der Waals surface area contributed by atoms with E-state index in [4.69, 9.17) is 0 Å². The molecule has 0 heterocycles. The highest BCUT2D eigenvalue weighted by atomic mass is 31.2. The van der Waals surface area contributed by atoms with Gasteiger partial charge in [-0.3, -0.25) is 0 Å². The van der Waals surface area contributed by atoms with Gasteiger partial charge in [0.25, 0.3) is 0 Å². The summed E-state index contributed by atoms with van der Waals surface area (Å²) >= 11 is 0. The summed E-state index contributed by atoms with van der Waals surface area (Å²) in [6.07, 6.45) is 1.82. The molecule has 2 aromatic carbocycles. The van der Waals surface area contributed by atoms with E-state index in [0.29, 0.717) is 18.5 Å². The van der Waals surface area contributed by atoms with Crippen molar-refractivity contribution >= 4 is 24.9 Å². The molecule has 1 unspecified atom stereocenters. The molecular weight excluding hydrogens is 322 g/mol. The van der Waals surface area contributed by atoms with Gasteiger partial charge in [-0.25, -0.2) is 0 Å². The van der Waals surface area contributed by atoms with Crippen LogP contribution in [0.5, 0.6) is 0 Å². The fourth-order valence-electron chi connectivity index (χ4n) is 3.07. The predicted molar refractivity (Wildman–Crippen MR) is 103 cm³/mol. The van der Waals surface area contributed by atoms with Crippen LogP contribution < -0.4 is 10.6 Å². The highest BCUT2D eigenvalue weighted by molar-refractivity contribution is 7.79. The smallest absolute Gasteiger partial charge is 0.143 e. The van der Waals surface area contributed by atoms with Crippen molar-refractivity contribution in [3.8, 4) is 0 Å². The molecule has 0 amide bonds. The lowest BCUT2D eigenvalue weighted by molar-refractivity contribution is 0.566. The topological polar surface area (TPSA) is 34.1 Å². The van der Waals surface area contributed by atoms with E-state index < -0.39 is 14.3 Å². The van der Waals surface area contributed by atoms with Crippen LogP contribution in [0.3, 0.4) is 0 Å². The summed E-state index contributed by atoms with van der Waals surface area (Å²) in [5.41, 5.74) is -0.0382. The third-order valence-electron chi connectivity index (χ3n) is 4.74. The molecule has 0 bridgehead atoms. The van der Waals surface area contributed by atoms with Crippen LogP contribution in [0.15, 0.2) is 60.7 Å². The number of hydrogen-bond acceptors (Lipinski definition) is 2. The molecule has 0 radical (unpaired) electrons. The maximum Gasteiger partial charge on any atom is 0.143 e. The summed E-state index contributed by atoms with van der Waals surface area (Å²) in [5, 5.41) is 1.72. The first kappa shape index (κ1) is 18.2. The van der Waals surface area contributed by atoms with Gasteiger partial charge in [0, 0.05) is 22.4 Å². The van der Waals surface area contributed by atoms with Gasteiger partial charge in [-0.15, -0.1) is 0 Å². The van der Waals surface area contributed by atoms with Crippen LogP contribution in [0, 0.1) is 0 Å². The number of benzene rings is 2. The first-order valence-corrected chi connectivity index (χ1v) is 12.3. The van der Waals surface area contributed by atoms with E-state index in [0.717, 1.165) is 10.6 Å². The minimum atomic E-state index is -2.78. The molecule has 4 heteroatoms. The van der Waals surface area contributed by atoms with Crippen LogP contribution in [0.4, 0.5) is 0 Å². The average molecular weight is 348 g/mol. The highest BCUT2D eigenvalue weighted by Gasteiger charge is 2.35. The molecule has 2 rings (SSSR count). The van der Waals surface area contributed by atoms with Crippen molar-refractivity contribution in [1.29, 1.82) is 0 Å². The number of rotatable bonds is 7. The van der Waals surface area contributed by atoms with Crippen LogP contribution in [-0.2, 0) is 9.13 Å². The molecule has 0 aromatic heterocycles. The summed E-state index contributed by atoms with van der Waals surface area (Å²) in [7, 11) is -5.06. The van der Waals surface area contributed by atoms with Crippen molar-refractivity contribution < 1.29 is 9.13 Å². The zero-order valence-corrected chi connectivity index (χ0v) is 16.0. The van der Waals surface area contributed by atoms with E-state index in [1.54, 1.807) is 0 Å². The Morgan fingerprint density at radius 3 is 1.52 bits per heavy atom. The van der Waals surface area contributed by atoms with Crippen molar-refractivity contribution in [1.82, 2.24) is 0 Å². The van der Waals surface area contributed by atoms with Crippen LogP contribution in [0.25, 0.3) is 0 Å². The van der Waals surface area contributed by atoms with Gasteiger partial charge in [-0.1, -0.05) is 81.4 Å². The van der Waals surface area contributed by atoms with Crippen molar-refractivity contribution in [2.75, 3.05) is 18.5 Å². The van der Waals surface area contributed by atoms with Crippen LogP contribution in [-0.4, -0.2) is 24.1 Å². The van der Waals surface area contributed by atoms with Gasteiger partial charge in [-0.05, 0) is 12.3 Å². The summed E-state index contributed by atoms with van der Waals surface area (Å²) < 4.78 is 27.1. The molecule has 1 atom stereocenters. The second-order valence-corrected chi connectivity index (χ2v) is 13.0. The summed E-state index contributed by atoms with van der Waals surface area (Å²) in [5.74, 6) is 0. The van der Waals surface area contributed by atoms with Gasteiger partial charge < -0.3 is 9.13 Å². The lowest BCUT2D eigenvalue weighted by Gasteiger charge is -2.28. The summed E-state index contributed by atoms with van der Waals surface area (Å²) in [6.45, 7) is 5.97. The van der Waals surface area contributed by atoms with Gasteiger partial charge in [0.05, 0.1) is 7.14 Å². The van der Waals surface area contributed by atoms with E-state index in [-0.39, 0.29) is 5.66 Å². The van der Waals surface area contributed by atoms with E-state index in [1.165, 1.54) is 0 Å². The molecule has 0 aliphatic carbocycles. The Labute approximate surface area is 140 Å². The Bertz CT molecular complexity index is 659. The lowest BCUT2D eigenvalue weighted by atomic mass is 10.4. The molecule has 0 spiro atoms. The van der Waals surface area contributed by atoms with Gasteiger partial charge in [0.2, 0.25) is 0 Å². The Morgan fingerprint density at radius 2 is 1.17 bits per heavy atom. The van der Waals surface area contributed by atoms with Gasteiger partial charge in [-0.2, -0.15) is 0 Å². The highest BCUT2D eigenvalue weighted by Crippen LogP contribution is 2.56. The Hall–Kier alpha value is -1.10. The third kappa shape index (κ3) is 3.87. The monoisotopic (exact) mass is 348 g/mol. The minimum Gasteiger partial charge on any atom is -0.323 e. The fraction of sp³-hybridized carbons (Fsp3) is 0.368. The van der Waals surface area contributed by atoms with Crippen molar-refractivity contribution in [3.63, 3.8) is 0 Å². The summed E-state index contributed by atoms with van der Waals surface area (Å²) in [4.78, 5) is 0. The first-order chi connectivity index (χ1) is 11.0. The molecule has 0 aliphatic rings. The maximum atomic E-state index is 14.0. The predicted octanol–water partition coefficient (Wildman–Crippen LogP) is 4.79. The van der Waals surface area contributed by atoms with Crippen LogP contribution >= 0.6 is 14.3 Å². The second-order valence-electron chi connectivity index (χ2n) is 6.03. The minimum absolute atomic E-state index is 0.0382. The molecule has 2 nitrogen and oxygen atoms in total. The van der Waals surface area contributed by atoms with Crippen molar-refractivity contribution in [2.45, 2.75) is 26.4 Å². The van der Waals surface area contributed by atoms with Gasteiger partial charge in [0.15, 0.2) is 0 Å². The zero-order valence-electron chi connectivity index (χ0n) is 14.2. The molecule has 23 heavy (non-hydrogen) atoms. The van der Waals surface area contributed by atoms with Gasteiger partial charge >= 0.3 is 0 Å². The molecule has 0 saturated carbocycles.